The number of hydrogen-bond acceptors (Lipinski definition) is 1. The van der Waals surface area contributed by atoms with E-state index < -0.39 is 5.97 Å². The molecule has 2 N–H and O–H groups in total. The highest BCUT2D eigenvalue weighted by Crippen LogP contribution is 2.46. The summed E-state index contributed by atoms with van der Waals surface area (Å²) in [4.78, 5) is 15.2. The first-order valence-electron chi connectivity index (χ1n) is 14.3. The fourth-order valence-corrected chi connectivity index (χ4v) is 6.33. The zero-order valence-electron chi connectivity index (χ0n) is 23.3. The standard InChI is InChI=1S/C28H31NO2.C8H7N/c1-4-6-17-29-26(21-15-11-8-12-16-21)25(20-13-9-7-10-14-20)24-19(3)18-23(28(30)31)22(5-2)27(24)29;1-2-4-8-7(3-1)5-6-9-8/h4-5,8,11-12,15-16,18,20H,1-2,6-7,9-10,13-14,17H2,3H3,(H,30,31);1-6,9H. The number of nitrogens with one attached hydrogen (secondary N) is 1. The van der Waals surface area contributed by atoms with Gasteiger partial charge >= 0.3 is 5.97 Å². The Morgan fingerprint density at radius 2 is 1.75 bits per heavy atom. The van der Waals surface area contributed by atoms with Crippen molar-refractivity contribution in [2.45, 2.75) is 57.9 Å². The van der Waals surface area contributed by atoms with E-state index in [9.17, 15) is 9.90 Å². The second-order valence-corrected chi connectivity index (χ2v) is 10.6. The molecule has 40 heavy (non-hydrogen) atoms. The molecular weight excluding hydrogens is 492 g/mol. The third-order valence-electron chi connectivity index (χ3n) is 8.12. The minimum atomic E-state index is -0.906. The van der Waals surface area contributed by atoms with Crippen molar-refractivity contribution in [2.24, 2.45) is 0 Å². The molecule has 0 saturated heterocycles. The molecule has 1 aliphatic rings. The molecule has 0 amide bonds. The van der Waals surface area contributed by atoms with Crippen LogP contribution in [0.4, 0.5) is 0 Å². The number of aromatic amines is 1. The summed E-state index contributed by atoms with van der Waals surface area (Å²) >= 11 is 0. The van der Waals surface area contributed by atoms with E-state index >= 15 is 0 Å². The van der Waals surface area contributed by atoms with Gasteiger partial charge in [-0.3, -0.25) is 0 Å². The van der Waals surface area contributed by atoms with Crippen LogP contribution in [0.1, 0.15) is 71.5 Å². The van der Waals surface area contributed by atoms with Crippen molar-refractivity contribution in [2.75, 3.05) is 0 Å². The topological polar surface area (TPSA) is 58.0 Å². The van der Waals surface area contributed by atoms with Crippen molar-refractivity contribution >= 4 is 33.9 Å². The van der Waals surface area contributed by atoms with Crippen molar-refractivity contribution < 1.29 is 9.90 Å². The van der Waals surface area contributed by atoms with E-state index in [2.05, 4.69) is 72.1 Å². The monoisotopic (exact) mass is 530 g/mol. The number of hydrogen-bond donors (Lipinski definition) is 2. The van der Waals surface area contributed by atoms with E-state index in [1.807, 2.05) is 36.5 Å². The van der Waals surface area contributed by atoms with Crippen molar-refractivity contribution in [3.63, 3.8) is 0 Å². The number of para-hydroxylation sites is 1. The van der Waals surface area contributed by atoms with Gasteiger partial charge in [-0.25, -0.2) is 4.79 Å². The Balaban J connectivity index is 0.000000301. The zero-order valence-corrected chi connectivity index (χ0v) is 23.3. The van der Waals surface area contributed by atoms with Gasteiger partial charge in [0.05, 0.1) is 16.8 Å². The van der Waals surface area contributed by atoms with Crippen molar-refractivity contribution in [1.82, 2.24) is 9.55 Å². The van der Waals surface area contributed by atoms with E-state index in [-0.39, 0.29) is 0 Å². The molecule has 5 aromatic rings. The minimum absolute atomic E-state index is 0.326. The Hall–Kier alpha value is -4.31. The molecule has 0 spiro atoms. The molecule has 0 radical (unpaired) electrons. The molecule has 2 heterocycles. The summed E-state index contributed by atoms with van der Waals surface area (Å²) in [5, 5.41) is 12.4. The fourth-order valence-electron chi connectivity index (χ4n) is 6.33. The predicted molar refractivity (Wildman–Crippen MR) is 168 cm³/mol. The van der Waals surface area contributed by atoms with Crippen LogP contribution in [-0.4, -0.2) is 20.6 Å². The highest BCUT2D eigenvalue weighted by atomic mass is 16.4. The normalized spacial score (nSPS) is 13.6. The van der Waals surface area contributed by atoms with E-state index in [4.69, 9.17) is 0 Å². The largest absolute Gasteiger partial charge is 0.478 e. The van der Waals surface area contributed by atoms with Crippen LogP contribution in [0.2, 0.25) is 0 Å². The molecule has 204 valence electrons. The number of carboxylic acid groups (broad SMARTS) is 1. The second-order valence-electron chi connectivity index (χ2n) is 10.6. The van der Waals surface area contributed by atoms with Crippen LogP contribution in [0.25, 0.3) is 39.1 Å². The summed E-state index contributed by atoms with van der Waals surface area (Å²) in [6.07, 6.45) is 12.6. The van der Waals surface area contributed by atoms with Crippen LogP contribution >= 0.6 is 0 Å². The lowest BCUT2D eigenvalue weighted by Gasteiger charge is -2.24. The smallest absolute Gasteiger partial charge is 0.336 e. The van der Waals surface area contributed by atoms with Gasteiger partial charge in [-0.15, -0.1) is 6.58 Å². The van der Waals surface area contributed by atoms with Crippen LogP contribution in [-0.2, 0) is 6.54 Å². The quantitative estimate of drug-likeness (QED) is 0.206. The Bertz CT molecular complexity index is 1620. The number of carboxylic acids is 1. The van der Waals surface area contributed by atoms with Gasteiger partial charge in [-0.05, 0) is 72.4 Å². The van der Waals surface area contributed by atoms with Crippen LogP contribution in [0.5, 0.6) is 0 Å². The number of aromatic carboxylic acids is 1. The highest BCUT2D eigenvalue weighted by Gasteiger charge is 2.29. The lowest BCUT2D eigenvalue weighted by Crippen LogP contribution is -2.07. The average Bonchev–Trinajstić information content (AvgIpc) is 3.60. The molecule has 0 aliphatic heterocycles. The molecule has 4 nitrogen and oxygen atoms in total. The van der Waals surface area contributed by atoms with Crippen LogP contribution in [0.3, 0.4) is 0 Å². The average molecular weight is 531 g/mol. The van der Waals surface area contributed by atoms with Gasteiger partial charge in [0.2, 0.25) is 0 Å². The van der Waals surface area contributed by atoms with Gasteiger partial charge in [-0.1, -0.05) is 86.5 Å². The maximum absolute atomic E-state index is 12.1. The molecule has 1 fully saturated rings. The van der Waals surface area contributed by atoms with Crippen molar-refractivity contribution in [3.8, 4) is 11.3 Å². The molecule has 0 atom stereocenters. The minimum Gasteiger partial charge on any atom is -0.478 e. The van der Waals surface area contributed by atoms with E-state index in [0.29, 0.717) is 11.5 Å². The number of nitrogens with zero attached hydrogens (tertiary/aromatic N) is 1. The summed E-state index contributed by atoms with van der Waals surface area (Å²) in [5.74, 6) is -0.416. The third kappa shape index (κ3) is 5.27. The van der Waals surface area contributed by atoms with E-state index in [1.165, 1.54) is 65.2 Å². The number of aryl methyl sites for hydroxylation is 2. The summed E-state index contributed by atoms with van der Waals surface area (Å²) < 4.78 is 2.34. The Kier molecular flexibility index (Phi) is 8.35. The molecular formula is C36H38N2O2. The summed E-state index contributed by atoms with van der Waals surface area (Å²) in [6, 6.07) is 22.7. The third-order valence-corrected chi connectivity index (χ3v) is 8.12. The fraction of sp³-hybridized carbons (Fsp3) is 0.250. The predicted octanol–water partition coefficient (Wildman–Crippen LogP) is 9.75. The lowest BCUT2D eigenvalue weighted by atomic mass is 9.81. The van der Waals surface area contributed by atoms with Crippen LogP contribution in [0.15, 0.2) is 92.2 Å². The molecule has 0 bridgehead atoms. The van der Waals surface area contributed by atoms with Gasteiger partial charge in [-0.2, -0.15) is 0 Å². The van der Waals surface area contributed by atoms with E-state index in [0.717, 1.165) is 29.6 Å². The molecule has 0 unspecified atom stereocenters. The summed E-state index contributed by atoms with van der Waals surface area (Å²) in [6.45, 7) is 10.8. The highest BCUT2D eigenvalue weighted by molar-refractivity contribution is 6.06. The first-order valence-corrected chi connectivity index (χ1v) is 14.3. The molecule has 1 aliphatic carbocycles. The Labute approximate surface area is 236 Å². The summed E-state index contributed by atoms with van der Waals surface area (Å²) in [5.41, 5.74) is 8.11. The van der Waals surface area contributed by atoms with E-state index in [1.54, 1.807) is 6.08 Å². The second kappa shape index (κ2) is 12.3. The van der Waals surface area contributed by atoms with Gasteiger partial charge in [0, 0.05) is 29.2 Å². The molecule has 3 aromatic carbocycles. The number of carbonyl (C=O) groups is 1. The SMILES string of the molecule is C=CCCn1c(-c2ccccc2)c(C2CCCCC2)c2c(C)cc(C(=O)O)c(C=C)c21.c1ccc2[nH]ccc2c1. The molecule has 2 aromatic heterocycles. The molecule has 6 rings (SSSR count). The molecule has 4 heteroatoms. The number of allylic oxidation sites excluding steroid dienone is 1. The van der Waals surface area contributed by atoms with Crippen LogP contribution < -0.4 is 0 Å². The maximum atomic E-state index is 12.1. The molecule has 1 saturated carbocycles. The maximum Gasteiger partial charge on any atom is 0.336 e. The first-order chi connectivity index (χ1) is 19.5. The first kappa shape index (κ1) is 27.3. The number of fused-ring (bicyclic) bond motifs is 2. The summed E-state index contributed by atoms with van der Waals surface area (Å²) in [7, 11) is 0. The van der Waals surface area contributed by atoms with Gasteiger partial charge in [0.1, 0.15) is 0 Å². The van der Waals surface area contributed by atoms with Crippen molar-refractivity contribution in [3.05, 3.63) is 114 Å². The Morgan fingerprint density at radius 3 is 2.42 bits per heavy atom. The van der Waals surface area contributed by atoms with Crippen molar-refractivity contribution in [1.29, 1.82) is 0 Å². The number of aromatic nitrogens is 2. The van der Waals surface area contributed by atoms with Gasteiger partial charge in [0.15, 0.2) is 0 Å². The van der Waals surface area contributed by atoms with Gasteiger partial charge < -0.3 is 14.7 Å². The number of rotatable bonds is 7. The zero-order chi connectivity index (χ0) is 28.1. The lowest BCUT2D eigenvalue weighted by molar-refractivity contribution is 0.0696. The van der Waals surface area contributed by atoms with Gasteiger partial charge in [0.25, 0.3) is 0 Å². The van der Waals surface area contributed by atoms with Crippen LogP contribution in [0, 0.1) is 6.92 Å². The number of H-pyrrole nitrogens is 1. The number of benzene rings is 3. The Morgan fingerprint density at radius 1 is 1.02 bits per heavy atom.